The number of benzene rings is 2. The van der Waals surface area contributed by atoms with E-state index in [9.17, 15) is 4.39 Å². The van der Waals surface area contributed by atoms with Gasteiger partial charge in [0.25, 0.3) is 0 Å². The van der Waals surface area contributed by atoms with Crippen molar-refractivity contribution in [1.82, 2.24) is 9.55 Å². The Bertz CT molecular complexity index is 852. The van der Waals surface area contributed by atoms with Gasteiger partial charge < -0.3 is 10.3 Å². The van der Waals surface area contributed by atoms with Gasteiger partial charge in [-0.3, -0.25) is 0 Å². The lowest BCUT2D eigenvalue weighted by Gasteiger charge is -2.08. The number of nitrogens with zero attached hydrogens (tertiary/aromatic N) is 2. The molecule has 3 aromatic rings. The molecule has 5 heteroatoms. The number of hydrogen-bond acceptors (Lipinski definition) is 2. The summed E-state index contributed by atoms with van der Waals surface area (Å²) in [7, 11) is 0. The fourth-order valence-corrected chi connectivity index (χ4v) is 2.83. The van der Waals surface area contributed by atoms with Crippen LogP contribution in [0.1, 0.15) is 18.9 Å². The van der Waals surface area contributed by atoms with Crippen molar-refractivity contribution in [2.75, 3.05) is 5.73 Å². The van der Waals surface area contributed by atoms with Crippen molar-refractivity contribution in [3.63, 3.8) is 0 Å². The normalized spacial score (nSPS) is 14.8. The van der Waals surface area contributed by atoms with Crippen LogP contribution in [0.2, 0.25) is 5.02 Å². The predicted molar refractivity (Wildman–Crippen MR) is 82.8 cm³/mol. The molecule has 4 rings (SSSR count). The van der Waals surface area contributed by atoms with Gasteiger partial charge in [-0.15, -0.1) is 0 Å². The maximum atomic E-state index is 13.4. The number of anilines is 1. The summed E-state index contributed by atoms with van der Waals surface area (Å²) in [5.74, 6) is 0.414. The Morgan fingerprint density at radius 3 is 2.71 bits per heavy atom. The van der Waals surface area contributed by atoms with Crippen LogP contribution in [0.15, 0.2) is 36.4 Å². The summed E-state index contributed by atoms with van der Waals surface area (Å²) >= 11 is 6.05. The van der Waals surface area contributed by atoms with Crippen LogP contribution in [-0.4, -0.2) is 9.55 Å². The molecule has 0 spiro atoms. The lowest BCUT2D eigenvalue weighted by Crippen LogP contribution is -1.98. The Hall–Kier alpha value is -2.07. The van der Waals surface area contributed by atoms with Crippen LogP contribution in [0.25, 0.3) is 22.4 Å². The smallest absolute Gasteiger partial charge is 0.146 e. The third kappa shape index (κ3) is 2.07. The van der Waals surface area contributed by atoms with Crippen molar-refractivity contribution in [3.05, 3.63) is 47.2 Å². The van der Waals surface area contributed by atoms with Crippen molar-refractivity contribution in [2.45, 2.75) is 18.9 Å². The van der Waals surface area contributed by atoms with Gasteiger partial charge in [0.2, 0.25) is 0 Å². The fraction of sp³-hybridized carbons (Fsp3) is 0.188. The topological polar surface area (TPSA) is 43.8 Å². The van der Waals surface area contributed by atoms with Gasteiger partial charge in [0.1, 0.15) is 11.6 Å². The molecule has 0 bridgehead atoms. The van der Waals surface area contributed by atoms with Crippen molar-refractivity contribution in [3.8, 4) is 11.4 Å². The molecule has 1 aromatic heterocycles. The van der Waals surface area contributed by atoms with Gasteiger partial charge in [0.15, 0.2) is 0 Å². The molecule has 0 atom stereocenters. The summed E-state index contributed by atoms with van der Waals surface area (Å²) in [5, 5.41) is 0.660. The first-order valence-corrected chi connectivity index (χ1v) is 7.24. The molecular formula is C16H13ClFN3. The first-order valence-electron chi connectivity index (χ1n) is 6.86. The predicted octanol–water partition coefficient (Wildman–Crippen LogP) is 4.41. The Balaban J connectivity index is 1.98. The Kier molecular flexibility index (Phi) is 2.69. The van der Waals surface area contributed by atoms with Crippen molar-refractivity contribution in [2.24, 2.45) is 0 Å². The molecule has 2 N–H and O–H groups in total. The van der Waals surface area contributed by atoms with Gasteiger partial charge in [-0.05, 0) is 49.2 Å². The molecule has 0 amide bonds. The van der Waals surface area contributed by atoms with E-state index in [4.69, 9.17) is 17.3 Å². The molecule has 1 fully saturated rings. The van der Waals surface area contributed by atoms with E-state index in [1.165, 1.54) is 6.07 Å². The lowest BCUT2D eigenvalue weighted by atomic mass is 10.2. The SMILES string of the molecule is Nc1cc(-c2nc3cc(Cl)ccc3n2C2CC2)ccc1F. The van der Waals surface area contributed by atoms with Gasteiger partial charge in [0.05, 0.1) is 16.7 Å². The summed E-state index contributed by atoms with van der Waals surface area (Å²) in [5.41, 5.74) is 8.56. The van der Waals surface area contributed by atoms with Crippen LogP contribution in [0.5, 0.6) is 0 Å². The largest absolute Gasteiger partial charge is 0.396 e. The average Bonchev–Trinajstić information content (AvgIpc) is 3.22. The second kappa shape index (κ2) is 4.46. The molecule has 1 saturated carbocycles. The number of nitrogens with two attached hydrogens (primary N) is 1. The average molecular weight is 302 g/mol. The first-order chi connectivity index (χ1) is 10.1. The third-order valence-electron chi connectivity index (χ3n) is 3.82. The van der Waals surface area contributed by atoms with Gasteiger partial charge in [-0.2, -0.15) is 0 Å². The van der Waals surface area contributed by atoms with Crippen LogP contribution in [0.4, 0.5) is 10.1 Å². The molecular weight excluding hydrogens is 289 g/mol. The highest BCUT2D eigenvalue weighted by molar-refractivity contribution is 6.31. The number of imidazole rings is 1. The van der Waals surface area contributed by atoms with Crippen molar-refractivity contribution < 1.29 is 4.39 Å². The zero-order chi connectivity index (χ0) is 14.6. The van der Waals surface area contributed by atoms with Gasteiger partial charge >= 0.3 is 0 Å². The quantitative estimate of drug-likeness (QED) is 0.712. The first kappa shape index (κ1) is 12.7. The fourth-order valence-electron chi connectivity index (χ4n) is 2.66. The second-order valence-electron chi connectivity index (χ2n) is 5.41. The third-order valence-corrected chi connectivity index (χ3v) is 4.05. The van der Waals surface area contributed by atoms with Crippen molar-refractivity contribution >= 4 is 28.3 Å². The number of hydrogen-bond donors (Lipinski definition) is 1. The second-order valence-corrected chi connectivity index (χ2v) is 5.84. The number of fused-ring (bicyclic) bond motifs is 1. The number of halogens is 2. The van der Waals surface area contributed by atoms with Gasteiger partial charge in [0, 0.05) is 16.6 Å². The Morgan fingerprint density at radius 2 is 2.00 bits per heavy atom. The van der Waals surface area contributed by atoms with E-state index >= 15 is 0 Å². The summed E-state index contributed by atoms with van der Waals surface area (Å²) in [6.07, 6.45) is 2.27. The Labute approximate surface area is 126 Å². The van der Waals surface area contributed by atoms with Crippen LogP contribution in [0, 0.1) is 5.82 Å². The molecule has 0 radical (unpaired) electrons. The zero-order valence-corrected chi connectivity index (χ0v) is 11.9. The maximum Gasteiger partial charge on any atom is 0.146 e. The molecule has 0 saturated heterocycles. The van der Waals surface area contributed by atoms with Crippen molar-refractivity contribution in [1.29, 1.82) is 0 Å². The molecule has 1 heterocycles. The van der Waals surface area contributed by atoms with Crippen LogP contribution >= 0.6 is 11.6 Å². The number of nitrogen functional groups attached to an aromatic ring is 1. The minimum Gasteiger partial charge on any atom is -0.396 e. The van der Waals surface area contributed by atoms with Crippen LogP contribution < -0.4 is 5.73 Å². The molecule has 1 aliphatic carbocycles. The highest BCUT2D eigenvalue weighted by atomic mass is 35.5. The van der Waals surface area contributed by atoms with Crippen LogP contribution in [-0.2, 0) is 0 Å². The molecule has 3 nitrogen and oxygen atoms in total. The van der Waals surface area contributed by atoms with E-state index in [1.807, 2.05) is 18.2 Å². The molecule has 0 aliphatic heterocycles. The van der Waals surface area contributed by atoms with Gasteiger partial charge in [-0.25, -0.2) is 9.37 Å². The Morgan fingerprint density at radius 1 is 1.19 bits per heavy atom. The standard InChI is InChI=1S/C16H13ClFN3/c17-10-2-6-15-14(8-10)20-16(21(15)11-3-4-11)9-1-5-12(18)13(19)7-9/h1-2,5-8,11H,3-4,19H2. The summed E-state index contributed by atoms with van der Waals surface area (Å²) in [4.78, 5) is 4.68. The maximum absolute atomic E-state index is 13.4. The number of aromatic nitrogens is 2. The zero-order valence-electron chi connectivity index (χ0n) is 11.2. The number of rotatable bonds is 2. The molecule has 2 aromatic carbocycles. The molecule has 0 unspecified atom stereocenters. The molecule has 21 heavy (non-hydrogen) atoms. The molecule has 1 aliphatic rings. The minimum atomic E-state index is -0.407. The minimum absolute atomic E-state index is 0.139. The summed E-state index contributed by atoms with van der Waals surface area (Å²) in [6.45, 7) is 0. The molecule has 106 valence electrons. The van der Waals surface area contributed by atoms with E-state index in [1.54, 1.807) is 12.1 Å². The summed E-state index contributed by atoms with van der Waals surface area (Å²) < 4.78 is 15.6. The monoisotopic (exact) mass is 301 g/mol. The highest BCUT2D eigenvalue weighted by Crippen LogP contribution is 2.41. The van der Waals surface area contributed by atoms with E-state index < -0.39 is 5.82 Å². The van der Waals surface area contributed by atoms with E-state index in [-0.39, 0.29) is 5.69 Å². The van der Waals surface area contributed by atoms with E-state index in [0.29, 0.717) is 11.1 Å². The van der Waals surface area contributed by atoms with E-state index in [2.05, 4.69) is 9.55 Å². The lowest BCUT2D eigenvalue weighted by molar-refractivity contribution is 0.632. The highest BCUT2D eigenvalue weighted by Gasteiger charge is 2.28. The van der Waals surface area contributed by atoms with Gasteiger partial charge in [-0.1, -0.05) is 11.6 Å². The van der Waals surface area contributed by atoms with Crippen LogP contribution in [0.3, 0.4) is 0 Å². The van der Waals surface area contributed by atoms with E-state index in [0.717, 1.165) is 35.3 Å². The summed E-state index contributed by atoms with van der Waals surface area (Å²) in [6, 6.07) is 10.9.